The lowest BCUT2D eigenvalue weighted by Gasteiger charge is -2.01. The minimum atomic E-state index is -3.65. The molecule has 0 aromatic carbocycles. The molecule has 0 amide bonds. The Kier molecular flexibility index (Phi) is 4.41. The zero-order valence-corrected chi connectivity index (χ0v) is 12.9. The van der Waals surface area contributed by atoms with Gasteiger partial charge in [0.2, 0.25) is 5.13 Å². The second-order valence-electron chi connectivity index (χ2n) is 4.77. The van der Waals surface area contributed by atoms with Crippen LogP contribution in [0.25, 0.3) is 0 Å². The summed E-state index contributed by atoms with van der Waals surface area (Å²) >= 11 is 1.25. The number of rotatable bonds is 6. The van der Waals surface area contributed by atoms with Crippen LogP contribution in [0, 0.1) is 5.92 Å². The number of hydrogen-bond donors (Lipinski definition) is 3. The second-order valence-corrected chi connectivity index (χ2v) is 7.51. The maximum absolute atomic E-state index is 12.1. The molecule has 0 fully saturated rings. The van der Waals surface area contributed by atoms with E-state index in [2.05, 4.69) is 33.8 Å². The number of nitrogens with zero attached hydrogens (tertiary/aromatic N) is 2. The number of hydrogen-bond acceptors (Lipinski definition) is 6. The molecule has 0 aliphatic carbocycles. The number of sulfonamides is 1. The highest BCUT2D eigenvalue weighted by molar-refractivity contribution is 7.93. The molecule has 0 radical (unpaired) electrons. The third kappa shape index (κ3) is 3.56. The van der Waals surface area contributed by atoms with E-state index in [9.17, 15) is 8.42 Å². The molecule has 4 N–H and O–H groups in total. The molecular formula is C11H17N5O2S2. The van der Waals surface area contributed by atoms with Crippen molar-refractivity contribution in [3.63, 3.8) is 0 Å². The Labute approximate surface area is 121 Å². The Balaban J connectivity index is 2.13. The zero-order valence-electron chi connectivity index (χ0n) is 11.3. The van der Waals surface area contributed by atoms with E-state index in [0.29, 0.717) is 11.6 Å². The highest BCUT2D eigenvalue weighted by Crippen LogP contribution is 2.22. The SMILES string of the molecule is CC(C)Cc1nnc(NS(=O)(=O)c2c[nH]c(CN)c2)s1. The van der Waals surface area contributed by atoms with Crippen LogP contribution in [0.1, 0.15) is 24.5 Å². The summed E-state index contributed by atoms with van der Waals surface area (Å²) in [5.74, 6) is 0.448. The average Bonchev–Trinajstić information content (AvgIpc) is 2.97. The number of nitrogens with one attached hydrogen (secondary N) is 2. The summed E-state index contributed by atoms with van der Waals surface area (Å²) in [7, 11) is -3.65. The van der Waals surface area contributed by atoms with Crippen LogP contribution in [0.3, 0.4) is 0 Å². The van der Waals surface area contributed by atoms with Crippen LogP contribution in [0.4, 0.5) is 5.13 Å². The summed E-state index contributed by atoms with van der Waals surface area (Å²) in [6.45, 7) is 4.39. The van der Waals surface area contributed by atoms with Gasteiger partial charge < -0.3 is 10.7 Å². The first-order valence-electron chi connectivity index (χ1n) is 6.13. The first-order valence-corrected chi connectivity index (χ1v) is 8.43. The van der Waals surface area contributed by atoms with Gasteiger partial charge in [-0.05, 0) is 12.0 Å². The normalized spacial score (nSPS) is 12.0. The van der Waals surface area contributed by atoms with Gasteiger partial charge in [0, 0.05) is 24.9 Å². The molecule has 0 aliphatic rings. The van der Waals surface area contributed by atoms with Gasteiger partial charge in [0.15, 0.2) is 0 Å². The molecule has 2 rings (SSSR count). The van der Waals surface area contributed by atoms with Crippen LogP contribution < -0.4 is 10.5 Å². The third-order valence-electron chi connectivity index (χ3n) is 2.52. The molecule has 0 spiro atoms. The van der Waals surface area contributed by atoms with Crippen molar-refractivity contribution in [2.24, 2.45) is 11.7 Å². The molecule has 0 aliphatic heterocycles. The molecule has 0 bridgehead atoms. The van der Waals surface area contributed by atoms with Gasteiger partial charge in [-0.15, -0.1) is 10.2 Å². The fourth-order valence-corrected chi connectivity index (χ4v) is 3.79. The molecule has 2 aromatic rings. The summed E-state index contributed by atoms with van der Waals surface area (Å²) in [6, 6.07) is 1.50. The lowest BCUT2D eigenvalue weighted by molar-refractivity contribution is 0.601. The van der Waals surface area contributed by atoms with Gasteiger partial charge in [-0.1, -0.05) is 25.2 Å². The zero-order chi connectivity index (χ0) is 14.8. The fraction of sp³-hybridized carbons (Fsp3) is 0.455. The standard InChI is InChI=1S/C11H17N5O2S2/c1-7(2)3-10-14-15-11(19-10)16-20(17,18)9-4-8(5-12)13-6-9/h4,6-7,13H,3,5,12H2,1-2H3,(H,15,16). The van der Waals surface area contributed by atoms with Gasteiger partial charge in [0.1, 0.15) is 9.90 Å². The topological polar surface area (TPSA) is 114 Å². The van der Waals surface area contributed by atoms with Crippen molar-refractivity contribution in [3.05, 3.63) is 23.0 Å². The monoisotopic (exact) mass is 315 g/mol. The van der Waals surface area contributed by atoms with E-state index in [1.165, 1.54) is 23.6 Å². The highest BCUT2D eigenvalue weighted by Gasteiger charge is 2.18. The lowest BCUT2D eigenvalue weighted by Crippen LogP contribution is -2.12. The van der Waals surface area contributed by atoms with E-state index in [1.807, 2.05) is 0 Å². The molecule has 0 saturated heterocycles. The molecule has 0 saturated carbocycles. The number of aromatic nitrogens is 3. The van der Waals surface area contributed by atoms with E-state index in [-0.39, 0.29) is 16.6 Å². The van der Waals surface area contributed by atoms with Crippen molar-refractivity contribution in [2.75, 3.05) is 4.72 Å². The quantitative estimate of drug-likeness (QED) is 0.744. The van der Waals surface area contributed by atoms with E-state index in [4.69, 9.17) is 5.73 Å². The Morgan fingerprint density at radius 3 is 2.80 bits per heavy atom. The minimum absolute atomic E-state index is 0.138. The first kappa shape index (κ1) is 14.9. The minimum Gasteiger partial charge on any atom is -0.363 e. The van der Waals surface area contributed by atoms with Gasteiger partial charge in [0.25, 0.3) is 10.0 Å². The molecule has 0 unspecified atom stereocenters. The van der Waals surface area contributed by atoms with Crippen LogP contribution in [-0.4, -0.2) is 23.6 Å². The molecule has 0 atom stereocenters. The Morgan fingerprint density at radius 1 is 1.45 bits per heavy atom. The number of aromatic amines is 1. The van der Waals surface area contributed by atoms with Gasteiger partial charge in [0.05, 0.1) is 0 Å². The highest BCUT2D eigenvalue weighted by atomic mass is 32.2. The van der Waals surface area contributed by atoms with Crippen molar-refractivity contribution < 1.29 is 8.42 Å². The van der Waals surface area contributed by atoms with Crippen molar-refractivity contribution in [3.8, 4) is 0 Å². The van der Waals surface area contributed by atoms with Crippen LogP contribution in [-0.2, 0) is 23.0 Å². The van der Waals surface area contributed by atoms with Crippen molar-refractivity contribution in [1.29, 1.82) is 0 Å². The predicted molar refractivity (Wildman–Crippen MR) is 77.9 cm³/mol. The molecular weight excluding hydrogens is 298 g/mol. The predicted octanol–water partition coefficient (Wildman–Crippen LogP) is 1.32. The van der Waals surface area contributed by atoms with E-state index < -0.39 is 10.0 Å². The number of nitrogens with two attached hydrogens (primary N) is 1. The van der Waals surface area contributed by atoms with Gasteiger partial charge in [-0.3, -0.25) is 4.72 Å². The summed E-state index contributed by atoms with van der Waals surface area (Å²) in [5.41, 5.74) is 6.10. The number of H-pyrrole nitrogens is 1. The first-order chi connectivity index (χ1) is 9.40. The third-order valence-corrected chi connectivity index (χ3v) is 4.83. The summed E-state index contributed by atoms with van der Waals surface area (Å²) < 4.78 is 26.7. The van der Waals surface area contributed by atoms with Crippen LogP contribution in [0.5, 0.6) is 0 Å². The Morgan fingerprint density at radius 2 is 2.20 bits per heavy atom. The lowest BCUT2D eigenvalue weighted by atomic mass is 10.1. The smallest absolute Gasteiger partial charge is 0.265 e. The van der Waals surface area contributed by atoms with Gasteiger partial charge in [-0.2, -0.15) is 0 Å². The summed E-state index contributed by atoms with van der Waals surface area (Å²) in [4.78, 5) is 2.94. The van der Waals surface area contributed by atoms with E-state index >= 15 is 0 Å². The Bertz CT molecular complexity index is 675. The molecule has 7 nitrogen and oxygen atoms in total. The maximum atomic E-state index is 12.1. The molecule has 2 aromatic heterocycles. The number of anilines is 1. The van der Waals surface area contributed by atoms with Crippen LogP contribution >= 0.6 is 11.3 Å². The van der Waals surface area contributed by atoms with Crippen LogP contribution in [0.2, 0.25) is 0 Å². The second kappa shape index (κ2) is 5.90. The van der Waals surface area contributed by atoms with E-state index in [0.717, 1.165) is 11.4 Å². The molecule has 2 heterocycles. The van der Waals surface area contributed by atoms with Crippen molar-refractivity contribution in [2.45, 2.75) is 31.7 Å². The molecule has 110 valence electrons. The fourth-order valence-electron chi connectivity index (χ4n) is 1.59. The molecule has 9 heteroatoms. The average molecular weight is 315 g/mol. The summed E-state index contributed by atoms with van der Waals surface area (Å²) in [5, 5.41) is 8.91. The van der Waals surface area contributed by atoms with Crippen molar-refractivity contribution >= 4 is 26.5 Å². The van der Waals surface area contributed by atoms with Gasteiger partial charge >= 0.3 is 0 Å². The maximum Gasteiger partial charge on any atom is 0.265 e. The summed E-state index contributed by atoms with van der Waals surface area (Å²) in [6.07, 6.45) is 2.18. The largest absolute Gasteiger partial charge is 0.363 e. The van der Waals surface area contributed by atoms with Gasteiger partial charge in [-0.25, -0.2) is 8.42 Å². The van der Waals surface area contributed by atoms with E-state index in [1.54, 1.807) is 0 Å². The molecule has 20 heavy (non-hydrogen) atoms. The van der Waals surface area contributed by atoms with Crippen molar-refractivity contribution in [1.82, 2.24) is 15.2 Å². The van der Waals surface area contributed by atoms with Crippen LogP contribution in [0.15, 0.2) is 17.2 Å². The Hall–Kier alpha value is -1.45.